The normalized spacial score (nSPS) is 21.8. The maximum absolute atomic E-state index is 12.7. The Labute approximate surface area is 127 Å². The molecule has 0 bridgehead atoms. The molecule has 0 aliphatic carbocycles. The maximum atomic E-state index is 12.7. The highest BCUT2D eigenvalue weighted by molar-refractivity contribution is 7.89. The van der Waals surface area contributed by atoms with Crippen molar-refractivity contribution in [1.29, 1.82) is 0 Å². The number of hydrogen-bond acceptors (Lipinski definition) is 5. The summed E-state index contributed by atoms with van der Waals surface area (Å²) in [6.07, 6.45) is 3.07. The van der Waals surface area contributed by atoms with E-state index in [-0.39, 0.29) is 10.9 Å². The topological polar surface area (TPSA) is 70.5 Å². The van der Waals surface area contributed by atoms with Crippen molar-refractivity contribution in [2.24, 2.45) is 0 Å². The predicted octanol–water partition coefficient (Wildman–Crippen LogP) is -0.183. The summed E-state index contributed by atoms with van der Waals surface area (Å²) in [5, 5.41) is 7.34. The van der Waals surface area contributed by atoms with Crippen molar-refractivity contribution in [3.05, 3.63) is 12.4 Å². The maximum Gasteiger partial charge on any atom is 0.246 e. The molecule has 120 valence electrons. The Morgan fingerprint density at radius 1 is 1.43 bits per heavy atom. The largest absolute Gasteiger partial charge is 0.315 e. The van der Waals surface area contributed by atoms with E-state index in [1.54, 1.807) is 15.2 Å². The van der Waals surface area contributed by atoms with E-state index < -0.39 is 10.0 Å². The first-order valence-corrected chi connectivity index (χ1v) is 8.82. The Morgan fingerprint density at radius 2 is 2.19 bits per heavy atom. The van der Waals surface area contributed by atoms with E-state index >= 15 is 0 Å². The Kier molecular flexibility index (Phi) is 5.37. The second-order valence-electron chi connectivity index (χ2n) is 5.52. The lowest BCUT2D eigenvalue weighted by molar-refractivity contribution is 0.170. The van der Waals surface area contributed by atoms with Crippen LogP contribution in [-0.4, -0.2) is 73.2 Å². The molecule has 1 unspecified atom stereocenters. The highest BCUT2D eigenvalue weighted by atomic mass is 32.2. The van der Waals surface area contributed by atoms with E-state index in [0.717, 1.165) is 26.2 Å². The van der Waals surface area contributed by atoms with E-state index in [1.807, 2.05) is 20.9 Å². The Balaban J connectivity index is 2.09. The van der Waals surface area contributed by atoms with Crippen LogP contribution in [0.5, 0.6) is 0 Å². The molecular weight excluding hydrogens is 290 g/mol. The summed E-state index contributed by atoms with van der Waals surface area (Å²) in [5.41, 5.74) is 0. The molecule has 8 heteroatoms. The summed E-state index contributed by atoms with van der Waals surface area (Å²) >= 11 is 0. The number of hydrogen-bond donors (Lipinski definition) is 1. The molecule has 1 aromatic rings. The summed E-state index contributed by atoms with van der Waals surface area (Å²) in [7, 11) is -1.43. The predicted molar refractivity (Wildman–Crippen MR) is 81.6 cm³/mol. The zero-order valence-corrected chi connectivity index (χ0v) is 13.8. The van der Waals surface area contributed by atoms with Crippen LogP contribution in [-0.2, 0) is 16.6 Å². The Bertz CT molecular complexity index is 557. The average molecular weight is 315 g/mol. The van der Waals surface area contributed by atoms with Crippen LogP contribution in [0, 0.1) is 0 Å². The van der Waals surface area contributed by atoms with Crippen molar-refractivity contribution in [2.45, 2.75) is 31.3 Å². The summed E-state index contributed by atoms with van der Waals surface area (Å²) in [5.74, 6) is 0. The lowest BCUT2D eigenvalue weighted by Crippen LogP contribution is -2.52. The third kappa shape index (κ3) is 3.82. The molecule has 1 N–H and O–H groups in total. The molecule has 0 radical (unpaired) electrons. The van der Waals surface area contributed by atoms with Crippen molar-refractivity contribution < 1.29 is 8.42 Å². The van der Waals surface area contributed by atoms with Gasteiger partial charge < -0.3 is 10.2 Å². The zero-order valence-electron chi connectivity index (χ0n) is 13.0. The molecule has 1 aliphatic rings. The van der Waals surface area contributed by atoms with Crippen LogP contribution in [0.4, 0.5) is 0 Å². The second-order valence-corrected chi connectivity index (χ2v) is 7.41. The van der Waals surface area contributed by atoms with E-state index in [4.69, 9.17) is 0 Å². The monoisotopic (exact) mass is 315 g/mol. The van der Waals surface area contributed by atoms with Crippen molar-refractivity contribution >= 4 is 10.0 Å². The molecule has 1 aliphatic heterocycles. The van der Waals surface area contributed by atoms with Crippen LogP contribution >= 0.6 is 0 Å². The number of nitrogens with zero attached hydrogens (tertiary/aromatic N) is 4. The number of nitrogens with one attached hydrogen (secondary N) is 1. The van der Waals surface area contributed by atoms with Gasteiger partial charge in [0.25, 0.3) is 0 Å². The molecule has 0 saturated carbocycles. The van der Waals surface area contributed by atoms with E-state index in [1.165, 1.54) is 6.20 Å². The third-order valence-corrected chi connectivity index (χ3v) is 5.72. The van der Waals surface area contributed by atoms with E-state index in [2.05, 4.69) is 15.3 Å². The van der Waals surface area contributed by atoms with Gasteiger partial charge in [-0.05, 0) is 20.5 Å². The van der Waals surface area contributed by atoms with Gasteiger partial charge in [-0.25, -0.2) is 8.42 Å². The van der Waals surface area contributed by atoms with Gasteiger partial charge in [0.15, 0.2) is 0 Å². The summed E-state index contributed by atoms with van der Waals surface area (Å²) in [6, 6.07) is -0.0149. The van der Waals surface area contributed by atoms with Gasteiger partial charge in [-0.3, -0.25) is 4.68 Å². The molecule has 0 amide bonds. The smallest absolute Gasteiger partial charge is 0.246 e. The number of likely N-dealkylation sites (N-methyl/N-ethyl adjacent to an activating group) is 2. The summed E-state index contributed by atoms with van der Waals surface area (Å²) in [6.45, 7) is 8.38. The van der Waals surface area contributed by atoms with Crippen molar-refractivity contribution in [3.8, 4) is 0 Å². The standard InChI is InChI=1S/C13H25N5O2S/c1-4-14-5-6-17-11-13(9-15-17)21(19,20)18-8-7-16(3)10-12(18)2/h9,11-12,14H,4-8,10H2,1-3H3. The van der Waals surface area contributed by atoms with Crippen molar-refractivity contribution in [2.75, 3.05) is 39.8 Å². The van der Waals surface area contributed by atoms with Crippen molar-refractivity contribution in [3.63, 3.8) is 0 Å². The van der Waals surface area contributed by atoms with Gasteiger partial charge in [0, 0.05) is 38.4 Å². The van der Waals surface area contributed by atoms with Gasteiger partial charge in [-0.15, -0.1) is 0 Å². The fourth-order valence-corrected chi connectivity index (χ4v) is 4.15. The van der Waals surface area contributed by atoms with Gasteiger partial charge in [0.1, 0.15) is 4.90 Å². The van der Waals surface area contributed by atoms with E-state index in [0.29, 0.717) is 13.1 Å². The van der Waals surface area contributed by atoms with Crippen LogP contribution in [0.1, 0.15) is 13.8 Å². The van der Waals surface area contributed by atoms with Crippen LogP contribution < -0.4 is 5.32 Å². The Morgan fingerprint density at radius 3 is 2.86 bits per heavy atom. The minimum atomic E-state index is -3.44. The summed E-state index contributed by atoms with van der Waals surface area (Å²) in [4.78, 5) is 2.44. The zero-order chi connectivity index (χ0) is 15.5. The molecule has 7 nitrogen and oxygen atoms in total. The molecule has 0 aromatic carbocycles. The Hall–Kier alpha value is -0.960. The molecular formula is C13H25N5O2S. The van der Waals surface area contributed by atoms with E-state index in [9.17, 15) is 8.42 Å². The minimum absolute atomic E-state index is 0.0149. The average Bonchev–Trinajstić information content (AvgIpc) is 2.88. The quantitative estimate of drug-likeness (QED) is 0.737. The second kappa shape index (κ2) is 6.87. The molecule has 1 aromatic heterocycles. The molecule has 0 spiro atoms. The van der Waals surface area contributed by atoms with Gasteiger partial charge in [0.2, 0.25) is 10.0 Å². The first kappa shape index (κ1) is 16.4. The molecule has 2 rings (SSSR count). The van der Waals surface area contributed by atoms with Gasteiger partial charge in [-0.1, -0.05) is 6.92 Å². The number of sulfonamides is 1. The number of rotatable bonds is 6. The first-order chi connectivity index (χ1) is 9.95. The summed E-state index contributed by atoms with van der Waals surface area (Å²) < 4.78 is 28.6. The van der Waals surface area contributed by atoms with Gasteiger partial charge >= 0.3 is 0 Å². The van der Waals surface area contributed by atoms with Crippen LogP contribution in [0.3, 0.4) is 0 Å². The molecule has 1 saturated heterocycles. The van der Waals surface area contributed by atoms with Crippen molar-refractivity contribution in [1.82, 2.24) is 24.3 Å². The molecule has 1 fully saturated rings. The van der Waals surface area contributed by atoms with Gasteiger partial charge in [0.05, 0.1) is 12.7 Å². The lowest BCUT2D eigenvalue weighted by Gasteiger charge is -2.36. The fourth-order valence-electron chi connectivity index (χ4n) is 2.59. The SMILES string of the molecule is CCNCCn1cc(S(=O)(=O)N2CCN(C)CC2C)cn1. The number of aromatic nitrogens is 2. The molecule has 21 heavy (non-hydrogen) atoms. The van der Waals surface area contributed by atoms with Crippen LogP contribution in [0.15, 0.2) is 17.3 Å². The van der Waals surface area contributed by atoms with Gasteiger partial charge in [-0.2, -0.15) is 9.40 Å². The first-order valence-electron chi connectivity index (χ1n) is 7.38. The number of piperazine rings is 1. The molecule has 2 heterocycles. The fraction of sp³-hybridized carbons (Fsp3) is 0.769. The van der Waals surface area contributed by atoms with Crippen LogP contribution in [0.2, 0.25) is 0 Å². The highest BCUT2D eigenvalue weighted by Gasteiger charge is 2.33. The third-order valence-electron chi connectivity index (χ3n) is 3.75. The lowest BCUT2D eigenvalue weighted by atomic mass is 10.2. The molecule has 1 atom stereocenters. The van der Waals surface area contributed by atoms with Crippen LogP contribution in [0.25, 0.3) is 0 Å². The minimum Gasteiger partial charge on any atom is -0.315 e. The highest BCUT2D eigenvalue weighted by Crippen LogP contribution is 2.20.